The molecular weight excluding hydrogens is 498 g/mol. The molecule has 1 aliphatic heterocycles. The Balaban J connectivity index is 1.80. The normalized spacial score (nSPS) is 16.6. The van der Waals surface area contributed by atoms with Crippen molar-refractivity contribution >= 4 is 35.0 Å². The molecule has 4 rings (SSSR count). The second kappa shape index (κ2) is 10.8. The summed E-state index contributed by atoms with van der Waals surface area (Å²) in [6.07, 6.45) is 0. The molecular formula is C28H24ClNO7. The maximum atomic E-state index is 13.3. The van der Waals surface area contributed by atoms with E-state index in [-0.39, 0.29) is 29.2 Å². The molecule has 8 nitrogen and oxygen atoms in total. The molecule has 1 fully saturated rings. The number of aliphatic hydroxyl groups excluding tert-OH is 1. The van der Waals surface area contributed by atoms with Crippen molar-refractivity contribution in [2.75, 3.05) is 13.7 Å². The van der Waals surface area contributed by atoms with Gasteiger partial charge in [0.2, 0.25) is 0 Å². The van der Waals surface area contributed by atoms with E-state index < -0.39 is 23.7 Å². The van der Waals surface area contributed by atoms with E-state index >= 15 is 0 Å². The molecule has 1 heterocycles. The van der Waals surface area contributed by atoms with Crippen LogP contribution in [0.5, 0.6) is 11.5 Å². The molecule has 0 aromatic heterocycles. The molecule has 1 unspecified atom stereocenters. The van der Waals surface area contributed by atoms with Crippen LogP contribution >= 0.6 is 11.6 Å². The van der Waals surface area contributed by atoms with Crippen molar-refractivity contribution in [1.82, 2.24) is 4.90 Å². The zero-order chi connectivity index (χ0) is 26.7. The fourth-order valence-electron chi connectivity index (χ4n) is 4.18. The number of ketones is 1. The predicted octanol–water partition coefficient (Wildman–Crippen LogP) is 4.85. The van der Waals surface area contributed by atoms with Gasteiger partial charge in [-0.25, -0.2) is 4.79 Å². The molecule has 1 amide bonds. The van der Waals surface area contributed by atoms with Crippen LogP contribution in [0.15, 0.2) is 72.3 Å². The monoisotopic (exact) mass is 521 g/mol. The molecule has 37 heavy (non-hydrogen) atoms. The summed E-state index contributed by atoms with van der Waals surface area (Å²) in [4.78, 5) is 39.6. The number of Topliss-reactive ketones (excluding diaryl/α,β-unsaturated/α-hetero) is 1. The number of nitrogens with zero attached hydrogens (tertiary/aromatic N) is 1. The van der Waals surface area contributed by atoms with E-state index in [9.17, 15) is 24.6 Å². The molecule has 9 heteroatoms. The van der Waals surface area contributed by atoms with Crippen molar-refractivity contribution in [3.8, 4) is 11.5 Å². The van der Waals surface area contributed by atoms with E-state index in [1.54, 1.807) is 43.3 Å². The number of hydrogen-bond acceptors (Lipinski definition) is 7. The number of esters is 1. The zero-order valence-corrected chi connectivity index (χ0v) is 20.9. The van der Waals surface area contributed by atoms with Gasteiger partial charge >= 0.3 is 5.97 Å². The maximum absolute atomic E-state index is 13.3. The summed E-state index contributed by atoms with van der Waals surface area (Å²) in [5.41, 5.74) is 1.67. The third-order valence-corrected chi connectivity index (χ3v) is 6.29. The average Bonchev–Trinajstić information content (AvgIpc) is 3.15. The summed E-state index contributed by atoms with van der Waals surface area (Å²) in [6.45, 7) is 2.16. The topological polar surface area (TPSA) is 113 Å². The van der Waals surface area contributed by atoms with Crippen LogP contribution in [0, 0.1) is 0 Å². The number of ether oxygens (including phenoxy) is 2. The molecule has 0 saturated carbocycles. The highest BCUT2D eigenvalue weighted by Crippen LogP contribution is 2.41. The maximum Gasteiger partial charge on any atom is 0.337 e. The minimum Gasteiger partial charge on any atom is -0.508 e. The van der Waals surface area contributed by atoms with E-state index in [1.165, 1.54) is 42.3 Å². The van der Waals surface area contributed by atoms with E-state index in [1.807, 2.05) is 0 Å². The lowest BCUT2D eigenvalue weighted by Gasteiger charge is -2.25. The number of aromatic hydroxyl groups is 1. The number of halogens is 1. The third-order valence-electron chi connectivity index (χ3n) is 5.98. The summed E-state index contributed by atoms with van der Waals surface area (Å²) in [5, 5.41) is 21.4. The molecule has 1 atom stereocenters. The first kappa shape index (κ1) is 25.8. The van der Waals surface area contributed by atoms with Gasteiger partial charge in [-0.1, -0.05) is 35.9 Å². The van der Waals surface area contributed by atoms with Gasteiger partial charge in [0.05, 0.1) is 35.9 Å². The molecule has 0 spiro atoms. The van der Waals surface area contributed by atoms with Gasteiger partial charge in [-0.2, -0.15) is 0 Å². The van der Waals surface area contributed by atoms with Crippen LogP contribution in [0.4, 0.5) is 0 Å². The number of likely N-dealkylation sites (tertiary alicyclic amines) is 1. The van der Waals surface area contributed by atoms with Crippen LogP contribution in [-0.4, -0.2) is 46.5 Å². The lowest BCUT2D eigenvalue weighted by molar-refractivity contribution is -0.140. The number of hydrogen-bond donors (Lipinski definition) is 2. The van der Waals surface area contributed by atoms with Gasteiger partial charge in [-0.05, 0) is 60.5 Å². The number of aliphatic hydroxyl groups is 1. The first-order valence-electron chi connectivity index (χ1n) is 11.4. The SMILES string of the molecule is CCOc1cc(/C(O)=C2/C(=O)C(=O)N(Cc3ccc(C(=O)OC)cc3)C2c2ccc(O)cc2)ccc1Cl. The van der Waals surface area contributed by atoms with E-state index in [0.717, 1.165) is 0 Å². The van der Waals surface area contributed by atoms with E-state index in [2.05, 4.69) is 0 Å². The summed E-state index contributed by atoms with van der Waals surface area (Å²) in [6, 6.07) is 16.1. The first-order chi connectivity index (χ1) is 17.7. The number of phenols is 1. The summed E-state index contributed by atoms with van der Waals surface area (Å²) in [7, 11) is 1.28. The molecule has 1 aliphatic rings. The molecule has 190 valence electrons. The minimum atomic E-state index is -0.938. The van der Waals surface area contributed by atoms with Crippen LogP contribution in [0.1, 0.15) is 40.0 Å². The van der Waals surface area contributed by atoms with Crippen LogP contribution < -0.4 is 4.74 Å². The highest BCUT2D eigenvalue weighted by atomic mass is 35.5. The molecule has 2 N–H and O–H groups in total. The number of phenolic OH excluding ortho intramolecular Hbond substituents is 1. The van der Waals surface area contributed by atoms with Crippen LogP contribution in [0.25, 0.3) is 5.76 Å². The van der Waals surface area contributed by atoms with Crippen molar-refractivity contribution in [2.24, 2.45) is 0 Å². The van der Waals surface area contributed by atoms with Gasteiger partial charge in [-0.15, -0.1) is 0 Å². The van der Waals surface area contributed by atoms with Crippen molar-refractivity contribution < 1.29 is 34.1 Å². The van der Waals surface area contributed by atoms with Crippen molar-refractivity contribution in [1.29, 1.82) is 0 Å². The molecule has 0 aliphatic carbocycles. The second-order valence-electron chi connectivity index (χ2n) is 8.29. The number of methoxy groups -OCH3 is 1. The molecule has 3 aromatic rings. The highest BCUT2D eigenvalue weighted by molar-refractivity contribution is 6.46. The van der Waals surface area contributed by atoms with Gasteiger partial charge in [0.1, 0.15) is 17.3 Å². The van der Waals surface area contributed by atoms with Gasteiger partial charge in [0, 0.05) is 12.1 Å². The Labute approximate surface area is 218 Å². The molecule has 0 bridgehead atoms. The Hall–Kier alpha value is -4.30. The smallest absolute Gasteiger partial charge is 0.337 e. The standard InChI is InChI=1S/C28H24ClNO7/c1-3-37-22-14-19(10-13-21(22)29)25(32)23-24(17-8-11-20(31)12-9-17)30(27(34)26(23)33)15-16-4-6-18(7-5-16)28(35)36-2/h4-14,24,31-32H,3,15H2,1-2H3/b25-23-. The summed E-state index contributed by atoms with van der Waals surface area (Å²) < 4.78 is 10.2. The number of carbonyl (C=O) groups is 3. The Morgan fingerprint density at radius 3 is 2.27 bits per heavy atom. The average molecular weight is 522 g/mol. The number of rotatable bonds is 7. The molecule has 1 saturated heterocycles. The lowest BCUT2D eigenvalue weighted by atomic mass is 9.95. The Morgan fingerprint density at radius 2 is 1.65 bits per heavy atom. The quantitative estimate of drug-likeness (QED) is 0.198. The van der Waals surface area contributed by atoms with Crippen LogP contribution in [-0.2, 0) is 20.9 Å². The van der Waals surface area contributed by atoms with E-state index in [4.69, 9.17) is 21.1 Å². The fraction of sp³-hybridized carbons (Fsp3) is 0.179. The van der Waals surface area contributed by atoms with Gasteiger partial charge in [-0.3, -0.25) is 9.59 Å². The number of amides is 1. The van der Waals surface area contributed by atoms with Gasteiger partial charge in [0.15, 0.2) is 0 Å². The zero-order valence-electron chi connectivity index (χ0n) is 20.1. The van der Waals surface area contributed by atoms with Gasteiger partial charge in [0.25, 0.3) is 11.7 Å². The van der Waals surface area contributed by atoms with Crippen molar-refractivity contribution in [2.45, 2.75) is 19.5 Å². The summed E-state index contributed by atoms with van der Waals surface area (Å²) >= 11 is 6.18. The largest absolute Gasteiger partial charge is 0.508 e. The Bertz CT molecular complexity index is 1380. The predicted molar refractivity (Wildman–Crippen MR) is 136 cm³/mol. The van der Waals surface area contributed by atoms with Crippen molar-refractivity contribution in [3.05, 3.63) is 99.6 Å². The summed E-state index contributed by atoms with van der Waals surface area (Å²) in [5.74, 6) is -2.18. The molecule has 3 aromatic carbocycles. The van der Waals surface area contributed by atoms with Crippen molar-refractivity contribution in [3.63, 3.8) is 0 Å². The van der Waals surface area contributed by atoms with Crippen LogP contribution in [0.3, 0.4) is 0 Å². The van der Waals surface area contributed by atoms with Gasteiger partial charge < -0.3 is 24.6 Å². The minimum absolute atomic E-state index is 0.0122. The first-order valence-corrected chi connectivity index (χ1v) is 11.8. The fourth-order valence-corrected chi connectivity index (χ4v) is 4.35. The van der Waals surface area contributed by atoms with Crippen LogP contribution in [0.2, 0.25) is 5.02 Å². The lowest BCUT2D eigenvalue weighted by Crippen LogP contribution is -2.29. The second-order valence-corrected chi connectivity index (χ2v) is 8.69. The highest BCUT2D eigenvalue weighted by Gasteiger charge is 2.46. The number of carbonyl (C=O) groups excluding carboxylic acids is 3. The number of benzene rings is 3. The Morgan fingerprint density at radius 1 is 1.00 bits per heavy atom. The Kier molecular flexibility index (Phi) is 7.50. The third kappa shape index (κ3) is 5.15. The van der Waals surface area contributed by atoms with E-state index in [0.29, 0.717) is 34.1 Å². The molecule has 0 radical (unpaired) electrons.